The highest BCUT2D eigenvalue weighted by Crippen LogP contribution is 2.22. The summed E-state index contributed by atoms with van der Waals surface area (Å²) in [4.78, 5) is 26.7. The van der Waals surface area contributed by atoms with Gasteiger partial charge in [0.1, 0.15) is 11.6 Å². The van der Waals surface area contributed by atoms with Crippen LogP contribution < -0.4 is 0 Å². The van der Waals surface area contributed by atoms with Crippen molar-refractivity contribution in [3.8, 4) is 0 Å². The quantitative estimate of drug-likeness (QED) is 0.795. The lowest BCUT2D eigenvalue weighted by Gasteiger charge is -2.32. The maximum atomic E-state index is 13.0. The fourth-order valence-electron chi connectivity index (χ4n) is 3.16. The first-order valence-corrected chi connectivity index (χ1v) is 8.35. The molecule has 2 aromatic carbocycles. The molecular weight excluding hydrogens is 324 g/mol. The number of nitrogens with zero attached hydrogens (tertiary/aromatic N) is 1. The maximum absolute atomic E-state index is 13.0. The van der Waals surface area contributed by atoms with Gasteiger partial charge in [0.05, 0.1) is 6.42 Å². The van der Waals surface area contributed by atoms with Crippen molar-refractivity contribution < 1.29 is 18.4 Å². The van der Waals surface area contributed by atoms with Gasteiger partial charge in [0.25, 0.3) is 0 Å². The number of piperidine rings is 1. The van der Waals surface area contributed by atoms with Crippen LogP contribution in [0.5, 0.6) is 0 Å². The normalized spacial score (nSPS) is 17.4. The lowest BCUT2D eigenvalue weighted by Crippen LogP contribution is -2.43. The van der Waals surface area contributed by atoms with E-state index in [0.717, 1.165) is 18.4 Å². The molecule has 0 bridgehead atoms. The zero-order chi connectivity index (χ0) is 17.8. The van der Waals surface area contributed by atoms with Crippen LogP contribution in [0.2, 0.25) is 0 Å². The molecular formula is C20H19F2NO2. The van der Waals surface area contributed by atoms with E-state index in [2.05, 4.69) is 0 Å². The summed E-state index contributed by atoms with van der Waals surface area (Å²) in [5.41, 5.74) is 1.22. The third kappa shape index (κ3) is 4.29. The van der Waals surface area contributed by atoms with Gasteiger partial charge in [-0.3, -0.25) is 9.59 Å². The monoisotopic (exact) mass is 343 g/mol. The molecule has 0 saturated carbocycles. The Balaban J connectivity index is 1.63. The number of amides is 1. The minimum Gasteiger partial charge on any atom is -0.342 e. The second-order valence-corrected chi connectivity index (χ2v) is 6.35. The number of rotatable bonds is 4. The molecule has 0 aliphatic carbocycles. The van der Waals surface area contributed by atoms with Gasteiger partial charge in [0.15, 0.2) is 5.78 Å². The van der Waals surface area contributed by atoms with E-state index in [0.29, 0.717) is 18.7 Å². The first kappa shape index (κ1) is 17.3. The molecule has 0 radical (unpaired) electrons. The van der Waals surface area contributed by atoms with Gasteiger partial charge in [-0.15, -0.1) is 0 Å². The topological polar surface area (TPSA) is 37.4 Å². The molecule has 25 heavy (non-hydrogen) atoms. The second-order valence-electron chi connectivity index (χ2n) is 6.35. The van der Waals surface area contributed by atoms with Gasteiger partial charge in [0, 0.05) is 24.6 Å². The number of likely N-dealkylation sites (tertiary alicyclic amines) is 1. The van der Waals surface area contributed by atoms with E-state index >= 15 is 0 Å². The summed E-state index contributed by atoms with van der Waals surface area (Å²) in [6, 6.07) is 11.4. The summed E-state index contributed by atoms with van der Waals surface area (Å²) in [6.07, 6.45) is 1.67. The molecule has 1 atom stereocenters. The molecule has 2 aromatic rings. The second kappa shape index (κ2) is 7.55. The fourth-order valence-corrected chi connectivity index (χ4v) is 3.16. The van der Waals surface area contributed by atoms with Gasteiger partial charge in [-0.25, -0.2) is 8.78 Å². The van der Waals surface area contributed by atoms with Gasteiger partial charge in [0.2, 0.25) is 5.91 Å². The van der Waals surface area contributed by atoms with Gasteiger partial charge in [-0.05, 0) is 54.8 Å². The van der Waals surface area contributed by atoms with Gasteiger partial charge >= 0.3 is 0 Å². The third-order valence-electron chi connectivity index (χ3n) is 4.54. The van der Waals surface area contributed by atoms with E-state index < -0.39 is 0 Å². The van der Waals surface area contributed by atoms with Crippen molar-refractivity contribution in [1.82, 2.24) is 4.90 Å². The van der Waals surface area contributed by atoms with E-state index in [-0.39, 0.29) is 35.7 Å². The van der Waals surface area contributed by atoms with Gasteiger partial charge in [-0.2, -0.15) is 0 Å². The van der Waals surface area contributed by atoms with Crippen molar-refractivity contribution in [2.45, 2.75) is 19.3 Å². The number of halogens is 2. The SMILES string of the molecule is O=C(c1ccc(F)cc1)[C@H]1CCCN(C(=O)Cc2ccc(F)cc2)C1. The predicted octanol–water partition coefficient (Wildman–Crippen LogP) is 3.63. The van der Waals surface area contributed by atoms with Crippen molar-refractivity contribution >= 4 is 11.7 Å². The summed E-state index contributed by atoms with van der Waals surface area (Å²) in [7, 11) is 0. The van der Waals surface area contributed by atoms with Crippen LogP contribution in [0.1, 0.15) is 28.8 Å². The third-order valence-corrected chi connectivity index (χ3v) is 4.54. The molecule has 3 rings (SSSR count). The van der Waals surface area contributed by atoms with E-state index in [1.807, 2.05) is 0 Å². The Labute approximate surface area is 145 Å². The maximum Gasteiger partial charge on any atom is 0.227 e. The molecule has 0 aromatic heterocycles. The number of ketones is 1. The van der Waals surface area contributed by atoms with Crippen LogP contribution >= 0.6 is 0 Å². The average Bonchev–Trinajstić information content (AvgIpc) is 2.64. The van der Waals surface area contributed by atoms with Crippen LogP contribution in [0.15, 0.2) is 48.5 Å². The molecule has 1 aliphatic rings. The number of Topliss-reactive ketones (excluding diaryl/α,β-unsaturated/α-hetero) is 1. The highest BCUT2D eigenvalue weighted by Gasteiger charge is 2.28. The van der Waals surface area contributed by atoms with Crippen LogP contribution in [0, 0.1) is 17.6 Å². The van der Waals surface area contributed by atoms with Crippen molar-refractivity contribution in [2.24, 2.45) is 5.92 Å². The van der Waals surface area contributed by atoms with Gasteiger partial charge in [-0.1, -0.05) is 12.1 Å². The van der Waals surface area contributed by atoms with Gasteiger partial charge < -0.3 is 4.90 Å². The van der Waals surface area contributed by atoms with E-state index in [1.165, 1.54) is 36.4 Å². The molecule has 1 aliphatic heterocycles. The summed E-state index contributed by atoms with van der Waals surface area (Å²) in [5, 5.41) is 0. The smallest absolute Gasteiger partial charge is 0.227 e. The number of carbonyl (C=O) groups excluding carboxylic acids is 2. The van der Waals surface area contributed by atoms with E-state index in [9.17, 15) is 18.4 Å². The molecule has 0 N–H and O–H groups in total. The number of hydrogen-bond acceptors (Lipinski definition) is 2. The van der Waals surface area contributed by atoms with Crippen molar-refractivity contribution in [1.29, 1.82) is 0 Å². The lowest BCUT2D eigenvalue weighted by molar-refractivity contribution is -0.131. The molecule has 0 unspecified atom stereocenters. The minimum absolute atomic E-state index is 0.0562. The molecule has 1 amide bonds. The molecule has 5 heteroatoms. The summed E-state index contributed by atoms with van der Waals surface area (Å²) in [5.74, 6) is -1.10. The van der Waals surface area contributed by atoms with Crippen molar-refractivity contribution in [3.63, 3.8) is 0 Å². The molecule has 1 fully saturated rings. The zero-order valence-electron chi connectivity index (χ0n) is 13.8. The molecule has 1 saturated heterocycles. The highest BCUT2D eigenvalue weighted by molar-refractivity contribution is 5.98. The standard InChI is InChI=1S/C20H19F2NO2/c21-17-7-3-14(4-8-17)12-19(24)23-11-1-2-16(13-23)20(25)15-5-9-18(22)10-6-15/h3-10,16H,1-2,11-13H2/t16-/m0/s1. The first-order valence-electron chi connectivity index (χ1n) is 8.35. The van der Waals surface area contributed by atoms with Crippen LogP contribution in [0.4, 0.5) is 8.78 Å². The number of carbonyl (C=O) groups is 2. The molecule has 1 heterocycles. The summed E-state index contributed by atoms with van der Waals surface area (Å²) >= 11 is 0. The Morgan fingerprint density at radius 2 is 1.56 bits per heavy atom. The lowest BCUT2D eigenvalue weighted by atomic mass is 9.89. The summed E-state index contributed by atoms with van der Waals surface area (Å²) < 4.78 is 26.0. The largest absolute Gasteiger partial charge is 0.342 e. The van der Waals surface area contributed by atoms with E-state index in [1.54, 1.807) is 17.0 Å². The predicted molar refractivity (Wildman–Crippen MR) is 90.1 cm³/mol. The van der Waals surface area contributed by atoms with Crippen molar-refractivity contribution in [2.75, 3.05) is 13.1 Å². The minimum atomic E-state index is -0.378. The Kier molecular flexibility index (Phi) is 5.22. The Morgan fingerprint density at radius 3 is 2.20 bits per heavy atom. The number of benzene rings is 2. The summed E-state index contributed by atoms with van der Waals surface area (Å²) in [6.45, 7) is 0.990. The Morgan fingerprint density at radius 1 is 0.960 bits per heavy atom. The van der Waals surface area contributed by atoms with Crippen LogP contribution in [0.3, 0.4) is 0 Å². The first-order chi connectivity index (χ1) is 12.0. The fraction of sp³-hybridized carbons (Fsp3) is 0.300. The van der Waals surface area contributed by atoms with Crippen LogP contribution in [-0.4, -0.2) is 29.7 Å². The molecule has 130 valence electrons. The van der Waals surface area contributed by atoms with Crippen molar-refractivity contribution in [3.05, 3.63) is 71.3 Å². The molecule has 0 spiro atoms. The Bertz CT molecular complexity index is 756. The highest BCUT2D eigenvalue weighted by atomic mass is 19.1. The zero-order valence-corrected chi connectivity index (χ0v) is 13.8. The molecule has 3 nitrogen and oxygen atoms in total. The van der Waals surface area contributed by atoms with Crippen LogP contribution in [0.25, 0.3) is 0 Å². The average molecular weight is 343 g/mol. The van der Waals surface area contributed by atoms with E-state index in [4.69, 9.17) is 0 Å². The van der Waals surface area contributed by atoms with Crippen LogP contribution in [-0.2, 0) is 11.2 Å². The Hall–Kier alpha value is -2.56. The number of hydrogen-bond donors (Lipinski definition) is 0.